The van der Waals surface area contributed by atoms with Crippen molar-refractivity contribution in [1.29, 1.82) is 0 Å². The lowest BCUT2D eigenvalue weighted by Gasteiger charge is -2.29. The van der Waals surface area contributed by atoms with Gasteiger partial charge >= 0.3 is 18.1 Å². The summed E-state index contributed by atoms with van der Waals surface area (Å²) in [6.45, 7) is 3.28. The third-order valence-corrected chi connectivity index (χ3v) is 3.67. The second kappa shape index (κ2) is 8.37. The Hall–Kier alpha value is -3.31. The predicted molar refractivity (Wildman–Crippen MR) is 89.0 cm³/mol. The van der Waals surface area contributed by atoms with Crippen LogP contribution in [0.25, 0.3) is 6.08 Å². The van der Waals surface area contributed by atoms with Crippen molar-refractivity contribution in [3.63, 3.8) is 0 Å². The first-order chi connectivity index (χ1) is 13.4. The Labute approximate surface area is 162 Å². The molecule has 2 atom stereocenters. The quantitative estimate of drug-likeness (QED) is 0.299. The van der Waals surface area contributed by atoms with Crippen LogP contribution in [0.3, 0.4) is 0 Å². The number of fused-ring (bicyclic) bond motifs is 1. The van der Waals surface area contributed by atoms with E-state index in [0.717, 1.165) is 18.6 Å². The van der Waals surface area contributed by atoms with Crippen molar-refractivity contribution in [3.8, 4) is 5.75 Å². The van der Waals surface area contributed by atoms with Crippen LogP contribution in [0, 0.1) is 24.0 Å². The molecular formula is C17H16F3NO8. The van der Waals surface area contributed by atoms with Gasteiger partial charge in [-0.05, 0) is 31.6 Å². The molecule has 0 bridgehead atoms. The van der Waals surface area contributed by atoms with Gasteiger partial charge in [0, 0.05) is 12.5 Å². The summed E-state index contributed by atoms with van der Waals surface area (Å²) in [5.74, 6) is -2.68. The van der Waals surface area contributed by atoms with Gasteiger partial charge in [0.15, 0.2) is 6.61 Å². The Bertz CT molecular complexity index is 865. The first kappa shape index (κ1) is 22.0. The van der Waals surface area contributed by atoms with E-state index in [2.05, 4.69) is 9.57 Å². The van der Waals surface area contributed by atoms with Gasteiger partial charge in [-0.25, -0.2) is 9.59 Å². The van der Waals surface area contributed by atoms with Gasteiger partial charge in [-0.1, -0.05) is 11.6 Å². The van der Waals surface area contributed by atoms with Crippen molar-refractivity contribution in [1.82, 2.24) is 0 Å². The molecule has 0 spiro atoms. The van der Waals surface area contributed by atoms with Crippen LogP contribution in [0.1, 0.15) is 23.6 Å². The monoisotopic (exact) mass is 419 g/mol. The standard InChI is InChI=1S/C17H16F3NO8/c1-8-4-9(2)14-11(5-8)6-12(15(29-14)17(18,19)20)16(23)28-10(3)27-13(22)7-26-21(24)25/h4-6,10,15H,7H2,1-3H3. The number of benzene rings is 1. The van der Waals surface area contributed by atoms with Crippen LogP contribution in [0.5, 0.6) is 5.75 Å². The van der Waals surface area contributed by atoms with Crippen molar-refractivity contribution < 1.29 is 46.9 Å². The second-order valence-electron chi connectivity index (χ2n) is 6.10. The van der Waals surface area contributed by atoms with Crippen molar-refractivity contribution >= 4 is 18.0 Å². The number of nitrogens with zero attached hydrogens (tertiary/aromatic N) is 1. The minimum absolute atomic E-state index is 0.00844. The van der Waals surface area contributed by atoms with Gasteiger partial charge in [0.25, 0.3) is 5.09 Å². The predicted octanol–water partition coefficient (Wildman–Crippen LogP) is 2.65. The smallest absolute Gasteiger partial charge is 0.430 e. The molecule has 0 saturated carbocycles. The highest BCUT2D eigenvalue weighted by Crippen LogP contribution is 2.39. The number of aryl methyl sites for hydroxylation is 2. The highest BCUT2D eigenvalue weighted by molar-refractivity contribution is 5.96. The fraction of sp³-hybridized carbons (Fsp3) is 0.412. The van der Waals surface area contributed by atoms with E-state index in [0.29, 0.717) is 5.56 Å². The zero-order valence-corrected chi connectivity index (χ0v) is 15.4. The molecule has 1 aromatic rings. The zero-order valence-electron chi connectivity index (χ0n) is 15.4. The third-order valence-electron chi connectivity index (χ3n) is 3.67. The number of halogens is 3. The first-order valence-corrected chi connectivity index (χ1v) is 8.12. The lowest BCUT2D eigenvalue weighted by molar-refractivity contribution is -0.754. The fourth-order valence-electron chi connectivity index (χ4n) is 2.66. The lowest BCUT2D eigenvalue weighted by Crippen LogP contribution is -2.41. The molecule has 1 aliphatic heterocycles. The molecule has 12 heteroatoms. The molecular weight excluding hydrogens is 403 g/mol. The van der Waals surface area contributed by atoms with E-state index in [9.17, 15) is 32.9 Å². The topological polar surface area (TPSA) is 114 Å². The van der Waals surface area contributed by atoms with Gasteiger partial charge < -0.3 is 19.0 Å². The molecule has 158 valence electrons. The molecule has 2 unspecified atom stereocenters. The molecule has 0 amide bonds. The summed E-state index contributed by atoms with van der Waals surface area (Å²) in [4.78, 5) is 37.4. The first-order valence-electron chi connectivity index (χ1n) is 8.12. The molecule has 0 radical (unpaired) electrons. The Kier molecular flexibility index (Phi) is 6.34. The van der Waals surface area contributed by atoms with Crippen LogP contribution in [-0.2, 0) is 23.9 Å². The fourth-order valence-corrected chi connectivity index (χ4v) is 2.66. The molecule has 1 aromatic carbocycles. The number of hydrogen-bond donors (Lipinski definition) is 0. The van der Waals surface area contributed by atoms with E-state index in [1.54, 1.807) is 26.0 Å². The Morgan fingerprint density at radius 1 is 1.28 bits per heavy atom. The zero-order chi connectivity index (χ0) is 21.9. The summed E-state index contributed by atoms with van der Waals surface area (Å²) in [5, 5.41) is 8.78. The van der Waals surface area contributed by atoms with Crippen LogP contribution in [-0.4, -0.2) is 42.2 Å². The number of hydrogen-bond acceptors (Lipinski definition) is 8. The van der Waals surface area contributed by atoms with Crippen molar-refractivity contribution in [2.75, 3.05) is 6.61 Å². The SMILES string of the molecule is Cc1cc(C)c2c(c1)C=C(C(=O)OC(C)OC(=O)CO[N+](=O)[O-])C(C(F)(F)F)O2. The molecule has 0 saturated heterocycles. The van der Waals surface area contributed by atoms with E-state index in [1.807, 2.05) is 0 Å². The Balaban J connectivity index is 2.22. The van der Waals surface area contributed by atoms with Crippen molar-refractivity contribution in [2.45, 2.75) is 39.3 Å². The van der Waals surface area contributed by atoms with E-state index < -0.39 is 47.8 Å². The van der Waals surface area contributed by atoms with Gasteiger partial charge in [0.05, 0.1) is 5.57 Å². The van der Waals surface area contributed by atoms with E-state index in [4.69, 9.17) is 9.47 Å². The highest BCUT2D eigenvalue weighted by atomic mass is 19.4. The van der Waals surface area contributed by atoms with Gasteiger partial charge in [-0.15, -0.1) is 10.1 Å². The highest BCUT2D eigenvalue weighted by Gasteiger charge is 2.49. The molecule has 1 aliphatic rings. The molecule has 0 aromatic heterocycles. The molecule has 1 heterocycles. The summed E-state index contributed by atoms with van der Waals surface area (Å²) >= 11 is 0. The number of ether oxygens (including phenoxy) is 3. The van der Waals surface area contributed by atoms with E-state index in [-0.39, 0.29) is 11.3 Å². The third kappa shape index (κ3) is 5.59. The summed E-state index contributed by atoms with van der Waals surface area (Å²) < 4.78 is 54.6. The maximum absolute atomic E-state index is 13.4. The van der Waals surface area contributed by atoms with Crippen molar-refractivity contribution in [3.05, 3.63) is 44.5 Å². The molecule has 29 heavy (non-hydrogen) atoms. The molecule has 9 nitrogen and oxygen atoms in total. The second-order valence-corrected chi connectivity index (χ2v) is 6.10. The minimum atomic E-state index is -4.92. The maximum Gasteiger partial charge on any atom is 0.430 e. The lowest BCUT2D eigenvalue weighted by atomic mass is 9.97. The summed E-state index contributed by atoms with van der Waals surface area (Å²) in [6, 6.07) is 3.18. The van der Waals surface area contributed by atoms with Gasteiger partial charge in [-0.2, -0.15) is 13.2 Å². The molecule has 2 rings (SSSR count). The van der Waals surface area contributed by atoms with E-state index >= 15 is 0 Å². The molecule has 0 fully saturated rings. The van der Waals surface area contributed by atoms with Gasteiger partial charge in [0.2, 0.25) is 12.4 Å². The van der Waals surface area contributed by atoms with Gasteiger partial charge in [0.1, 0.15) is 5.75 Å². The summed E-state index contributed by atoms with van der Waals surface area (Å²) in [5.41, 5.74) is 0.636. The van der Waals surface area contributed by atoms with Crippen LogP contribution < -0.4 is 4.74 Å². The molecule has 0 N–H and O–H groups in total. The molecule has 0 aliphatic carbocycles. The number of rotatable bonds is 6. The van der Waals surface area contributed by atoms with Crippen LogP contribution >= 0.6 is 0 Å². The average Bonchev–Trinajstić information content (AvgIpc) is 2.57. The number of alkyl halides is 3. The average molecular weight is 419 g/mol. The van der Waals surface area contributed by atoms with Crippen LogP contribution in [0.2, 0.25) is 0 Å². The van der Waals surface area contributed by atoms with Crippen LogP contribution in [0.4, 0.5) is 13.2 Å². The summed E-state index contributed by atoms with van der Waals surface area (Å²) in [6.07, 6.45) is -8.12. The van der Waals surface area contributed by atoms with Crippen molar-refractivity contribution in [2.24, 2.45) is 0 Å². The Morgan fingerprint density at radius 3 is 2.52 bits per heavy atom. The Morgan fingerprint density at radius 2 is 1.93 bits per heavy atom. The number of esters is 2. The number of carbonyl (C=O) groups is 2. The number of carbonyl (C=O) groups excluding carboxylic acids is 2. The largest absolute Gasteiger partial charge is 0.475 e. The van der Waals surface area contributed by atoms with Crippen LogP contribution in [0.15, 0.2) is 17.7 Å². The maximum atomic E-state index is 13.4. The normalized spacial score (nSPS) is 16.6. The minimum Gasteiger partial charge on any atom is -0.475 e. The van der Waals surface area contributed by atoms with Gasteiger partial charge in [-0.3, -0.25) is 0 Å². The summed E-state index contributed by atoms with van der Waals surface area (Å²) in [7, 11) is 0. The van der Waals surface area contributed by atoms with E-state index in [1.165, 1.54) is 0 Å².